The van der Waals surface area contributed by atoms with Gasteiger partial charge in [-0.25, -0.2) is 18.7 Å². The number of amides is 3. The maximum atomic E-state index is 15.8. The molecule has 11 nitrogen and oxygen atoms in total. The van der Waals surface area contributed by atoms with Gasteiger partial charge in [0.05, 0.1) is 17.9 Å². The Morgan fingerprint density at radius 1 is 1.04 bits per heavy atom. The largest absolute Gasteiger partial charge is 0.573 e. The molecule has 0 radical (unpaired) electrons. The van der Waals surface area contributed by atoms with Crippen LogP contribution >= 0.6 is 0 Å². The number of nitrogens with zero attached hydrogens (tertiary/aromatic N) is 3. The van der Waals surface area contributed by atoms with Crippen LogP contribution in [0.4, 0.5) is 33.0 Å². The third kappa shape index (κ3) is 9.98. The van der Waals surface area contributed by atoms with E-state index >= 15 is 4.39 Å². The van der Waals surface area contributed by atoms with E-state index in [4.69, 9.17) is 14.2 Å². The summed E-state index contributed by atoms with van der Waals surface area (Å²) in [5.74, 6) is -0.184. The monoisotopic (exact) mass is 665 g/mol. The molecule has 256 valence electrons. The SMILES string of the molecule is COCc1ccc(OC(F)(F)F)c(CNC(=O)Nc2c(C)c(OCC3(F)CCN(C(=O)OC(C)(C)C)CC3)nn2-c2ccccc2)c1. The molecule has 3 aromatic rings. The van der Waals surface area contributed by atoms with Crippen LogP contribution in [0.25, 0.3) is 5.69 Å². The van der Waals surface area contributed by atoms with Crippen LogP contribution in [0.15, 0.2) is 48.5 Å². The molecule has 0 aliphatic carbocycles. The van der Waals surface area contributed by atoms with E-state index in [1.807, 2.05) is 0 Å². The van der Waals surface area contributed by atoms with Gasteiger partial charge in [-0.3, -0.25) is 5.32 Å². The minimum Gasteiger partial charge on any atom is -0.473 e. The molecule has 3 amide bonds. The molecule has 1 saturated heterocycles. The zero-order chi connectivity index (χ0) is 34.4. The number of para-hydroxylation sites is 1. The number of methoxy groups -OCH3 is 1. The lowest BCUT2D eigenvalue weighted by Crippen LogP contribution is -2.48. The second kappa shape index (κ2) is 14.5. The topological polar surface area (TPSA) is 116 Å². The van der Waals surface area contributed by atoms with Crippen LogP contribution in [0.1, 0.15) is 50.3 Å². The summed E-state index contributed by atoms with van der Waals surface area (Å²) in [4.78, 5) is 26.9. The normalized spacial score (nSPS) is 14.8. The number of hydrogen-bond donors (Lipinski definition) is 2. The van der Waals surface area contributed by atoms with Crippen molar-refractivity contribution in [3.05, 3.63) is 65.2 Å². The predicted octanol–water partition coefficient (Wildman–Crippen LogP) is 6.67. The number of ether oxygens (including phenoxy) is 4. The van der Waals surface area contributed by atoms with Crippen LogP contribution in [-0.2, 0) is 22.6 Å². The first-order valence-electron chi connectivity index (χ1n) is 14.9. The summed E-state index contributed by atoms with van der Waals surface area (Å²) < 4.78 is 76.7. The number of piperidine rings is 1. The first-order valence-corrected chi connectivity index (χ1v) is 14.9. The maximum absolute atomic E-state index is 15.8. The summed E-state index contributed by atoms with van der Waals surface area (Å²) >= 11 is 0. The molecule has 1 aliphatic heterocycles. The molecule has 2 N–H and O–H groups in total. The number of urea groups is 1. The third-order valence-corrected chi connectivity index (χ3v) is 7.19. The fourth-order valence-corrected chi connectivity index (χ4v) is 4.85. The predicted molar refractivity (Wildman–Crippen MR) is 164 cm³/mol. The molecular formula is C32H39F4N5O6. The second-order valence-corrected chi connectivity index (χ2v) is 12.2. The van der Waals surface area contributed by atoms with Crippen molar-refractivity contribution in [1.82, 2.24) is 20.0 Å². The van der Waals surface area contributed by atoms with Crippen molar-refractivity contribution >= 4 is 17.9 Å². The van der Waals surface area contributed by atoms with E-state index in [1.165, 1.54) is 28.8 Å². The second-order valence-electron chi connectivity index (χ2n) is 12.2. The van der Waals surface area contributed by atoms with E-state index in [0.29, 0.717) is 16.8 Å². The standard InChI is InChI=1S/C32H39F4N5O6/c1-21-26(38-28(42)37-18-23-17-22(19-44-5)11-12-25(23)46-32(34,35)36)41(24-9-7-6-8-10-24)39-27(21)45-20-31(33)13-15-40(16-14-31)29(43)47-30(2,3)4/h6-12,17H,13-16,18-20H2,1-5H3,(H2,37,38,42). The van der Waals surface area contributed by atoms with E-state index in [9.17, 15) is 22.8 Å². The van der Waals surface area contributed by atoms with Gasteiger partial charge >= 0.3 is 18.5 Å². The van der Waals surface area contributed by atoms with Crippen LogP contribution in [0, 0.1) is 6.92 Å². The van der Waals surface area contributed by atoms with E-state index in [1.54, 1.807) is 58.0 Å². The maximum Gasteiger partial charge on any atom is 0.573 e. The molecule has 0 unspecified atom stereocenters. The first kappa shape index (κ1) is 35.3. The first-order chi connectivity index (χ1) is 22.1. The number of carbonyl (C=O) groups excluding carboxylic acids is 2. The van der Waals surface area contributed by atoms with Gasteiger partial charge in [-0.15, -0.1) is 18.3 Å². The molecule has 4 rings (SSSR count). The number of hydrogen-bond acceptors (Lipinski definition) is 7. The van der Waals surface area contributed by atoms with Crippen LogP contribution < -0.4 is 20.1 Å². The van der Waals surface area contributed by atoms with Crippen molar-refractivity contribution in [3.63, 3.8) is 0 Å². The van der Waals surface area contributed by atoms with Gasteiger partial charge in [0.15, 0.2) is 0 Å². The molecule has 15 heteroatoms. The number of nitrogens with one attached hydrogen (secondary N) is 2. The molecule has 1 aromatic heterocycles. The molecule has 2 aromatic carbocycles. The number of aromatic nitrogens is 2. The quantitative estimate of drug-likeness (QED) is 0.233. The highest BCUT2D eigenvalue weighted by atomic mass is 19.4. The van der Waals surface area contributed by atoms with Gasteiger partial charge in [-0.1, -0.05) is 24.3 Å². The van der Waals surface area contributed by atoms with Gasteiger partial charge < -0.3 is 29.2 Å². The highest BCUT2D eigenvalue weighted by Crippen LogP contribution is 2.33. The number of benzene rings is 2. The highest BCUT2D eigenvalue weighted by molar-refractivity contribution is 5.89. The lowest BCUT2D eigenvalue weighted by molar-refractivity contribution is -0.274. The minimum atomic E-state index is -4.93. The molecule has 0 saturated carbocycles. The number of halogens is 4. The van der Waals surface area contributed by atoms with Crippen molar-refractivity contribution in [2.45, 2.75) is 71.3 Å². The molecule has 1 aliphatic rings. The van der Waals surface area contributed by atoms with E-state index in [0.717, 1.165) is 6.07 Å². The lowest BCUT2D eigenvalue weighted by Gasteiger charge is -2.36. The van der Waals surface area contributed by atoms with E-state index in [-0.39, 0.29) is 63.0 Å². The summed E-state index contributed by atoms with van der Waals surface area (Å²) in [6.45, 7) is 6.73. The summed E-state index contributed by atoms with van der Waals surface area (Å²) in [5, 5.41) is 9.72. The Hall–Kier alpha value is -4.53. The zero-order valence-electron chi connectivity index (χ0n) is 26.9. The van der Waals surface area contributed by atoms with Gasteiger partial charge in [0.25, 0.3) is 0 Å². The minimum absolute atomic E-state index is 0.0316. The lowest BCUT2D eigenvalue weighted by atomic mass is 9.94. The molecule has 0 bridgehead atoms. The molecule has 0 atom stereocenters. The van der Waals surface area contributed by atoms with Gasteiger partial charge in [0.2, 0.25) is 5.88 Å². The Bertz CT molecular complexity index is 1530. The summed E-state index contributed by atoms with van der Waals surface area (Å²) in [6, 6.07) is 12.1. The Balaban J connectivity index is 1.47. The van der Waals surface area contributed by atoms with Crippen LogP contribution in [0.2, 0.25) is 0 Å². The Labute approximate surface area is 270 Å². The van der Waals surface area contributed by atoms with Crippen molar-refractivity contribution in [3.8, 4) is 17.3 Å². The van der Waals surface area contributed by atoms with Crippen molar-refractivity contribution in [2.75, 3.05) is 32.1 Å². The van der Waals surface area contributed by atoms with Crippen LogP contribution in [0.5, 0.6) is 11.6 Å². The van der Waals surface area contributed by atoms with Crippen molar-refractivity contribution in [2.24, 2.45) is 0 Å². The molecule has 0 spiro atoms. The van der Waals surface area contributed by atoms with E-state index < -0.39 is 35.5 Å². The average Bonchev–Trinajstić information content (AvgIpc) is 3.30. The van der Waals surface area contributed by atoms with Crippen molar-refractivity contribution < 1.29 is 46.1 Å². The third-order valence-electron chi connectivity index (χ3n) is 7.19. The molecular weight excluding hydrogens is 626 g/mol. The number of carbonyl (C=O) groups is 2. The van der Waals surface area contributed by atoms with Gasteiger partial charge in [-0.05, 0) is 57.5 Å². The van der Waals surface area contributed by atoms with E-state index in [2.05, 4.69) is 20.5 Å². The smallest absolute Gasteiger partial charge is 0.473 e. The summed E-state index contributed by atoms with van der Waals surface area (Å²) in [6.07, 6.45) is -5.37. The zero-order valence-corrected chi connectivity index (χ0v) is 26.9. The number of alkyl halides is 4. The number of likely N-dealkylation sites (tertiary alicyclic amines) is 1. The summed E-state index contributed by atoms with van der Waals surface area (Å²) in [7, 11) is 1.45. The van der Waals surface area contributed by atoms with Gasteiger partial charge in [-0.2, -0.15) is 0 Å². The molecule has 47 heavy (non-hydrogen) atoms. The highest BCUT2D eigenvalue weighted by Gasteiger charge is 2.38. The average molecular weight is 666 g/mol. The van der Waals surface area contributed by atoms with Crippen LogP contribution in [0.3, 0.4) is 0 Å². The Kier molecular flexibility index (Phi) is 10.9. The number of anilines is 1. The molecule has 1 fully saturated rings. The Morgan fingerprint density at radius 3 is 2.34 bits per heavy atom. The molecule has 2 heterocycles. The van der Waals surface area contributed by atoms with Gasteiger partial charge in [0.1, 0.15) is 29.4 Å². The fraction of sp³-hybridized carbons (Fsp3) is 0.469. The van der Waals surface area contributed by atoms with Gasteiger partial charge in [0, 0.05) is 45.1 Å². The summed E-state index contributed by atoms with van der Waals surface area (Å²) in [5.41, 5.74) is -0.783. The number of rotatable bonds is 10. The van der Waals surface area contributed by atoms with Crippen molar-refractivity contribution in [1.29, 1.82) is 0 Å². The fourth-order valence-electron chi connectivity index (χ4n) is 4.85. The van der Waals surface area contributed by atoms with Crippen LogP contribution in [-0.4, -0.2) is 71.2 Å². The Morgan fingerprint density at radius 2 is 1.72 bits per heavy atom.